The first kappa shape index (κ1) is 20.0. The van der Waals surface area contributed by atoms with E-state index in [0.29, 0.717) is 17.6 Å². The largest absolute Gasteiger partial charge is 0.403 e. The second kappa shape index (κ2) is 8.62. The van der Waals surface area contributed by atoms with Gasteiger partial charge in [-0.05, 0) is 31.2 Å². The van der Waals surface area contributed by atoms with Crippen LogP contribution in [0.1, 0.15) is 5.56 Å². The molecule has 4 aromatic rings. The summed E-state index contributed by atoms with van der Waals surface area (Å²) >= 11 is 0. The van der Waals surface area contributed by atoms with Crippen LogP contribution in [0.3, 0.4) is 0 Å². The second-order valence-electron chi connectivity index (χ2n) is 6.99. The maximum Gasteiger partial charge on any atom is 0.330 e. The van der Waals surface area contributed by atoms with Gasteiger partial charge >= 0.3 is 6.01 Å². The number of para-hydroxylation sites is 1. The summed E-state index contributed by atoms with van der Waals surface area (Å²) in [4.78, 5) is 27.1. The van der Waals surface area contributed by atoms with Crippen LogP contribution in [0.4, 0.5) is 17.6 Å². The molecule has 9 nitrogen and oxygen atoms in total. The summed E-state index contributed by atoms with van der Waals surface area (Å²) in [7, 11) is 3.64. The monoisotopic (exact) mass is 415 g/mol. The zero-order valence-electron chi connectivity index (χ0n) is 17.4. The van der Waals surface area contributed by atoms with Gasteiger partial charge in [0, 0.05) is 31.9 Å². The van der Waals surface area contributed by atoms with Crippen LogP contribution in [0, 0.1) is 6.92 Å². The third kappa shape index (κ3) is 4.84. The molecular weight excluding hydrogens is 394 g/mol. The molecule has 0 spiro atoms. The number of rotatable bonds is 6. The van der Waals surface area contributed by atoms with Gasteiger partial charge in [0.05, 0.1) is 5.69 Å². The molecule has 0 aliphatic heterocycles. The Kier molecular flexibility index (Phi) is 5.57. The maximum absolute atomic E-state index is 12.2. The molecule has 0 saturated heterocycles. The summed E-state index contributed by atoms with van der Waals surface area (Å²) in [6.07, 6.45) is 0. The van der Waals surface area contributed by atoms with Gasteiger partial charge in [-0.3, -0.25) is 4.79 Å². The predicted octanol–water partition coefficient (Wildman–Crippen LogP) is 3.33. The van der Waals surface area contributed by atoms with Crippen molar-refractivity contribution in [3.05, 3.63) is 82.6 Å². The van der Waals surface area contributed by atoms with Crippen molar-refractivity contribution in [2.45, 2.75) is 6.92 Å². The molecule has 0 unspecified atom stereocenters. The number of nitrogens with zero attached hydrogens (tertiary/aromatic N) is 6. The smallest absolute Gasteiger partial charge is 0.330 e. The van der Waals surface area contributed by atoms with Crippen molar-refractivity contribution in [1.29, 1.82) is 0 Å². The van der Waals surface area contributed by atoms with E-state index in [-0.39, 0.29) is 17.4 Å². The van der Waals surface area contributed by atoms with Crippen molar-refractivity contribution in [3.8, 4) is 17.6 Å². The van der Waals surface area contributed by atoms with Crippen LogP contribution in [-0.4, -0.2) is 38.8 Å². The Bertz CT molecular complexity index is 1240. The van der Waals surface area contributed by atoms with Crippen molar-refractivity contribution in [2.75, 3.05) is 24.3 Å². The molecule has 0 fully saturated rings. The van der Waals surface area contributed by atoms with E-state index >= 15 is 0 Å². The first-order valence-electron chi connectivity index (χ1n) is 9.59. The molecule has 1 N–H and O–H groups in total. The van der Waals surface area contributed by atoms with Crippen LogP contribution in [0.2, 0.25) is 0 Å². The fourth-order valence-corrected chi connectivity index (χ4v) is 2.71. The normalized spacial score (nSPS) is 10.5. The van der Waals surface area contributed by atoms with Gasteiger partial charge in [0.2, 0.25) is 17.8 Å². The fraction of sp³-hybridized carbons (Fsp3) is 0.136. The quantitative estimate of drug-likeness (QED) is 0.512. The average Bonchev–Trinajstić information content (AvgIpc) is 2.77. The van der Waals surface area contributed by atoms with E-state index in [1.165, 1.54) is 16.8 Å². The highest BCUT2D eigenvalue weighted by Crippen LogP contribution is 2.21. The van der Waals surface area contributed by atoms with E-state index < -0.39 is 0 Å². The van der Waals surface area contributed by atoms with Crippen LogP contribution < -0.4 is 20.5 Å². The van der Waals surface area contributed by atoms with Crippen molar-refractivity contribution < 1.29 is 4.74 Å². The second-order valence-corrected chi connectivity index (χ2v) is 6.99. The van der Waals surface area contributed by atoms with Crippen LogP contribution in [-0.2, 0) is 0 Å². The molecule has 2 heterocycles. The van der Waals surface area contributed by atoms with Crippen molar-refractivity contribution in [1.82, 2.24) is 24.7 Å². The summed E-state index contributed by atoms with van der Waals surface area (Å²) in [5.41, 5.74) is 2.34. The molecular formula is C22H21N7O2. The van der Waals surface area contributed by atoms with E-state index in [2.05, 4.69) is 25.4 Å². The summed E-state index contributed by atoms with van der Waals surface area (Å²) < 4.78 is 7.04. The number of ether oxygens (including phenoxy) is 1. The van der Waals surface area contributed by atoms with Gasteiger partial charge in [-0.2, -0.15) is 19.6 Å². The maximum atomic E-state index is 12.2. The van der Waals surface area contributed by atoms with E-state index in [4.69, 9.17) is 4.74 Å². The van der Waals surface area contributed by atoms with Crippen molar-refractivity contribution >= 4 is 17.6 Å². The van der Waals surface area contributed by atoms with Gasteiger partial charge in [0.25, 0.3) is 5.56 Å². The fourth-order valence-electron chi connectivity index (χ4n) is 2.71. The molecule has 0 bridgehead atoms. The Labute approximate surface area is 179 Å². The van der Waals surface area contributed by atoms with Crippen LogP contribution in [0.15, 0.2) is 71.5 Å². The van der Waals surface area contributed by atoms with Gasteiger partial charge in [-0.1, -0.05) is 35.9 Å². The number of benzene rings is 2. The molecule has 0 aliphatic rings. The summed E-state index contributed by atoms with van der Waals surface area (Å²) in [5, 5.41) is 7.44. The molecule has 0 saturated carbocycles. The van der Waals surface area contributed by atoms with Gasteiger partial charge < -0.3 is 15.0 Å². The predicted molar refractivity (Wildman–Crippen MR) is 119 cm³/mol. The third-order valence-electron chi connectivity index (χ3n) is 4.28. The zero-order valence-corrected chi connectivity index (χ0v) is 17.4. The summed E-state index contributed by atoms with van der Waals surface area (Å²) in [6, 6.07) is 19.9. The highest BCUT2D eigenvalue weighted by molar-refractivity contribution is 5.55. The molecule has 0 amide bonds. The summed E-state index contributed by atoms with van der Waals surface area (Å²) in [5.74, 6) is 0.922. The molecule has 0 atom stereocenters. The topological polar surface area (TPSA) is 98.1 Å². The SMILES string of the molecule is Cc1ccc(Nc2nc(Oc3ccc(=O)n(-c4ccccc4)n3)nc(N(C)C)n2)cc1. The van der Waals surface area contributed by atoms with Crippen molar-refractivity contribution in [3.63, 3.8) is 0 Å². The minimum absolute atomic E-state index is 0.0547. The van der Waals surface area contributed by atoms with E-state index in [0.717, 1.165) is 11.3 Å². The van der Waals surface area contributed by atoms with Gasteiger partial charge in [0.15, 0.2) is 0 Å². The van der Waals surface area contributed by atoms with Crippen molar-refractivity contribution in [2.24, 2.45) is 0 Å². The Hall–Kier alpha value is -4.27. The first-order chi connectivity index (χ1) is 15.0. The molecule has 2 aromatic heterocycles. The number of anilines is 3. The Morgan fingerprint density at radius 3 is 2.35 bits per heavy atom. The van der Waals surface area contributed by atoms with Crippen LogP contribution in [0.5, 0.6) is 11.9 Å². The minimum atomic E-state index is -0.273. The molecule has 2 aromatic carbocycles. The number of hydrogen-bond donors (Lipinski definition) is 1. The zero-order chi connectivity index (χ0) is 21.8. The van der Waals surface area contributed by atoms with E-state index in [1.54, 1.807) is 17.0 Å². The number of hydrogen-bond acceptors (Lipinski definition) is 8. The molecule has 4 rings (SSSR count). The number of aromatic nitrogens is 5. The molecule has 0 aliphatic carbocycles. The minimum Gasteiger partial charge on any atom is -0.403 e. The highest BCUT2D eigenvalue weighted by Gasteiger charge is 2.12. The van der Waals surface area contributed by atoms with Crippen LogP contribution >= 0.6 is 0 Å². The number of nitrogens with one attached hydrogen (secondary N) is 1. The van der Waals surface area contributed by atoms with Gasteiger partial charge in [-0.15, -0.1) is 5.10 Å². The lowest BCUT2D eigenvalue weighted by molar-refractivity contribution is 0.411. The molecule has 0 radical (unpaired) electrons. The lowest BCUT2D eigenvalue weighted by Gasteiger charge is -2.14. The Morgan fingerprint density at radius 2 is 1.65 bits per heavy atom. The highest BCUT2D eigenvalue weighted by atomic mass is 16.5. The van der Waals surface area contributed by atoms with Gasteiger partial charge in [0.1, 0.15) is 0 Å². The lowest BCUT2D eigenvalue weighted by Crippen LogP contribution is -2.20. The third-order valence-corrected chi connectivity index (χ3v) is 4.28. The molecule has 31 heavy (non-hydrogen) atoms. The summed E-state index contributed by atoms with van der Waals surface area (Å²) in [6.45, 7) is 2.02. The average molecular weight is 415 g/mol. The first-order valence-corrected chi connectivity index (χ1v) is 9.59. The standard InChI is InChI=1S/C22H21N7O2/c1-15-9-11-16(12-10-15)23-20-24-21(28(2)3)26-22(25-20)31-18-13-14-19(30)29(27-18)17-7-5-4-6-8-17/h4-14H,1-3H3,(H,23,24,25,26). The molecule has 9 heteroatoms. The molecule has 156 valence electrons. The Morgan fingerprint density at radius 1 is 0.903 bits per heavy atom. The Balaban J connectivity index is 1.65. The van der Waals surface area contributed by atoms with E-state index in [1.807, 2.05) is 63.5 Å². The van der Waals surface area contributed by atoms with Gasteiger partial charge in [-0.25, -0.2) is 0 Å². The van der Waals surface area contributed by atoms with E-state index in [9.17, 15) is 4.79 Å². The number of aryl methyl sites for hydroxylation is 1. The lowest BCUT2D eigenvalue weighted by atomic mass is 10.2. The van der Waals surface area contributed by atoms with Crippen LogP contribution in [0.25, 0.3) is 5.69 Å².